The molecule has 3 rings (SSSR count). The summed E-state index contributed by atoms with van der Waals surface area (Å²) in [6.07, 6.45) is 2.07. The van der Waals surface area contributed by atoms with Crippen molar-refractivity contribution in [2.75, 3.05) is 0 Å². The Morgan fingerprint density at radius 2 is 2.05 bits per heavy atom. The average Bonchev–Trinajstić information content (AvgIpc) is 3.26. The van der Waals surface area contributed by atoms with Crippen LogP contribution in [-0.2, 0) is 6.54 Å². The van der Waals surface area contributed by atoms with E-state index < -0.39 is 0 Å². The predicted molar refractivity (Wildman–Crippen MR) is 78.0 cm³/mol. The topological polar surface area (TPSA) is 55.1 Å². The first-order valence-corrected chi connectivity index (χ1v) is 7.03. The minimum absolute atomic E-state index is 0.0662. The van der Waals surface area contributed by atoms with Crippen molar-refractivity contribution in [3.8, 4) is 16.9 Å². The molecular weight excluding hydrogens is 252 g/mol. The van der Waals surface area contributed by atoms with Gasteiger partial charge in [0.05, 0.1) is 5.56 Å². The molecule has 0 unspecified atom stereocenters. The molecule has 4 heteroatoms. The Morgan fingerprint density at radius 1 is 1.35 bits per heavy atom. The van der Waals surface area contributed by atoms with Gasteiger partial charge < -0.3 is 5.11 Å². The fourth-order valence-electron chi connectivity index (χ4n) is 2.52. The maximum atomic E-state index is 12.5. The van der Waals surface area contributed by atoms with Crippen LogP contribution in [0.15, 0.2) is 29.1 Å². The Labute approximate surface area is 117 Å². The largest absolute Gasteiger partial charge is 0.505 e. The van der Waals surface area contributed by atoms with E-state index in [4.69, 9.17) is 0 Å². The lowest BCUT2D eigenvalue weighted by Crippen LogP contribution is -2.25. The second kappa shape index (κ2) is 4.78. The van der Waals surface area contributed by atoms with E-state index in [0.717, 1.165) is 24.0 Å². The standard InChI is InChI=1S/C16H18N2O2/c1-3-18-16(20)13(12-7-5-4-6-10(12)2)15(19)14(17-18)11-8-9-11/h4-7,11,19H,3,8-9H2,1-2H3. The highest BCUT2D eigenvalue weighted by Gasteiger charge is 2.31. The van der Waals surface area contributed by atoms with Gasteiger partial charge in [-0.1, -0.05) is 24.3 Å². The van der Waals surface area contributed by atoms with Crippen molar-refractivity contribution >= 4 is 0 Å². The van der Waals surface area contributed by atoms with Crippen LogP contribution in [0.1, 0.15) is 36.9 Å². The fourth-order valence-corrected chi connectivity index (χ4v) is 2.52. The monoisotopic (exact) mass is 270 g/mol. The highest BCUT2D eigenvalue weighted by molar-refractivity contribution is 5.73. The van der Waals surface area contributed by atoms with Crippen molar-refractivity contribution in [3.05, 3.63) is 45.9 Å². The van der Waals surface area contributed by atoms with E-state index in [1.165, 1.54) is 4.68 Å². The molecule has 20 heavy (non-hydrogen) atoms. The molecule has 1 saturated carbocycles. The molecule has 1 aromatic carbocycles. The maximum absolute atomic E-state index is 12.5. The molecule has 2 aromatic rings. The van der Waals surface area contributed by atoms with Gasteiger partial charge in [-0.2, -0.15) is 5.10 Å². The minimum atomic E-state index is -0.219. The lowest BCUT2D eigenvalue weighted by atomic mass is 10.00. The molecule has 1 aliphatic carbocycles. The molecule has 1 aliphatic rings. The highest BCUT2D eigenvalue weighted by Crippen LogP contribution is 2.44. The van der Waals surface area contributed by atoms with Crippen LogP contribution in [0.2, 0.25) is 0 Å². The van der Waals surface area contributed by atoms with Crippen molar-refractivity contribution < 1.29 is 5.11 Å². The van der Waals surface area contributed by atoms with Gasteiger partial charge >= 0.3 is 0 Å². The van der Waals surface area contributed by atoms with E-state index in [1.807, 2.05) is 38.1 Å². The van der Waals surface area contributed by atoms with E-state index in [-0.39, 0.29) is 11.3 Å². The first-order valence-electron chi connectivity index (χ1n) is 7.03. The summed E-state index contributed by atoms with van der Waals surface area (Å²) in [5.41, 5.74) is 2.62. The zero-order valence-corrected chi connectivity index (χ0v) is 11.8. The summed E-state index contributed by atoms with van der Waals surface area (Å²) in [6.45, 7) is 4.35. The number of aromatic nitrogens is 2. The summed E-state index contributed by atoms with van der Waals surface area (Å²) >= 11 is 0. The molecule has 1 aromatic heterocycles. The SMILES string of the molecule is CCn1nc(C2CC2)c(O)c(-c2ccccc2C)c1=O. The highest BCUT2D eigenvalue weighted by atomic mass is 16.3. The molecule has 1 heterocycles. The van der Waals surface area contributed by atoms with Crippen LogP contribution in [0.3, 0.4) is 0 Å². The number of hydrogen-bond donors (Lipinski definition) is 1. The Bertz CT molecular complexity index is 715. The maximum Gasteiger partial charge on any atom is 0.278 e. The van der Waals surface area contributed by atoms with E-state index in [1.54, 1.807) is 0 Å². The Balaban J connectivity index is 2.31. The Morgan fingerprint density at radius 3 is 2.65 bits per heavy atom. The van der Waals surface area contributed by atoms with Gasteiger partial charge in [0.1, 0.15) is 5.69 Å². The molecule has 0 spiro atoms. The van der Waals surface area contributed by atoms with Crippen LogP contribution in [0.25, 0.3) is 11.1 Å². The summed E-state index contributed by atoms with van der Waals surface area (Å²) in [5.74, 6) is 0.368. The van der Waals surface area contributed by atoms with Crippen LogP contribution in [-0.4, -0.2) is 14.9 Å². The van der Waals surface area contributed by atoms with E-state index in [2.05, 4.69) is 5.10 Å². The second-order valence-corrected chi connectivity index (χ2v) is 5.32. The van der Waals surface area contributed by atoms with Crippen molar-refractivity contribution in [3.63, 3.8) is 0 Å². The summed E-state index contributed by atoms with van der Waals surface area (Å²) < 4.78 is 1.45. The zero-order chi connectivity index (χ0) is 14.3. The van der Waals surface area contributed by atoms with Crippen LogP contribution >= 0.6 is 0 Å². The van der Waals surface area contributed by atoms with Gasteiger partial charge in [0.25, 0.3) is 5.56 Å². The van der Waals surface area contributed by atoms with E-state index in [0.29, 0.717) is 23.7 Å². The normalized spacial score (nSPS) is 14.5. The minimum Gasteiger partial charge on any atom is -0.505 e. The molecule has 4 nitrogen and oxygen atoms in total. The van der Waals surface area contributed by atoms with Crippen molar-refractivity contribution in [1.29, 1.82) is 0 Å². The summed E-state index contributed by atoms with van der Waals surface area (Å²) in [7, 11) is 0. The first kappa shape index (κ1) is 12.9. The third kappa shape index (κ3) is 2.01. The van der Waals surface area contributed by atoms with Gasteiger partial charge in [0.15, 0.2) is 5.75 Å². The summed E-state index contributed by atoms with van der Waals surface area (Å²) in [4.78, 5) is 12.5. The van der Waals surface area contributed by atoms with Crippen LogP contribution in [0, 0.1) is 6.92 Å². The second-order valence-electron chi connectivity index (χ2n) is 5.32. The molecular formula is C16H18N2O2. The van der Waals surface area contributed by atoms with Gasteiger partial charge in [-0.05, 0) is 37.8 Å². The van der Waals surface area contributed by atoms with Gasteiger partial charge in [-0.15, -0.1) is 0 Å². The molecule has 104 valence electrons. The molecule has 0 radical (unpaired) electrons. The van der Waals surface area contributed by atoms with Gasteiger partial charge in [-0.3, -0.25) is 4.79 Å². The van der Waals surface area contributed by atoms with Gasteiger partial charge in [0.2, 0.25) is 0 Å². The van der Waals surface area contributed by atoms with Crippen LogP contribution in [0.4, 0.5) is 0 Å². The number of nitrogens with zero attached hydrogens (tertiary/aromatic N) is 2. The fraction of sp³-hybridized carbons (Fsp3) is 0.375. The third-order valence-electron chi connectivity index (χ3n) is 3.83. The molecule has 1 fully saturated rings. The summed E-state index contributed by atoms with van der Waals surface area (Å²) in [6, 6.07) is 7.64. The lowest BCUT2D eigenvalue weighted by molar-refractivity contribution is 0.452. The number of benzene rings is 1. The molecule has 0 bridgehead atoms. The predicted octanol–water partition coefficient (Wildman–Crippen LogP) is 2.82. The number of aryl methyl sites for hydroxylation is 2. The van der Waals surface area contributed by atoms with Crippen molar-refractivity contribution in [2.24, 2.45) is 0 Å². The lowest BCUT2D eigenvalue weighted by Gasteiger charge is -2.13. The van der Waals surface area contributed by atoms with Gasteiger partial charge in [0, 0.05) is 12.5 Å². The Kier molecular flexibility index (Phi) is 3.08. The van der Waals surface area contributed by atoms with Crippen molar-refractivity contribution in [1.82, 2.24) is 9.78 Å². The number of rotatable bonds is 3. The van der Waals surface area contributed by atoms with E-state index in [9.17, 15) is 9.90 Å². The average molecular weight is 270 g/mol. The molecule has 1 N–H and O–H groups in total. The third-order valence-corrected chi connectivity index (χ3v) is 3.83. The molecule has 0 atom stereocenters. The molecule has 0 saturated heterocycles. The first-order chi connectivity index (χ1) is 9.63. The van der Waals surface area contributed by atoms with Crippen molar-refractivity contribution in [2.45, 2.75) is 39.2 Å². The number of aromatic hydroxyl groups is 1. The van der Waals surface area contributed by atoms with Gasteiger partial charge in [-0.25, -0.2) is 4.68 Å². The quantitative estimate of drug-likeness (QED) is 0.933. The molecule has 0 aliphatic heterocycles. The Hall–Kier alpha value is -2.10. The van der Waals surface area contributed by atoms with Crippen LogP contribution in [0.5, 0.6) is 5.75 Å². The molecule has 0 amide bonds. The van der Waals surface area contributed by atoms with E-state index >= 15 is 0 Å². The smallest absolute Gasteiger partial charge is 0.278 e. The van der Waals surface area contributed by atoms with Crippen LogP contribution < -0.4 is 5.56 Å². The summed E-state index contributed by atoms with van der Waals surface area (Å²) in [5, 5.41) is 14.8. The zero-order valence-electron chi connectivity index (χ0n) is 11.8. The number of hydrogen-bond acceptors (Lipinski definition) is 3.